The maximum absolute atomic E-state index is 5.81. The molecule has 0 saturated carbocycles. The number of ether oxygens (including phenoxy) is 2. The van der Waals surface area contributed by atoms with Gasteiger partial charge in [0, 0.05) is 43.0 Å². The Morgan fingerprint density at radius 1 is 1.25 bits per heavy atom. The summed E-state index contributed by atoms with van der Waals surface area (Å²) >= 11 is 0. The number of nitrogens with zero attached hydrogens (tertiary/aromatic N) is 1. The normalized spacial score (nSPS) is 21.9. The van der Waals surface area contributed by atoms with Gasteiger partial charge in [-0.25, -0.2) is 4.98 Å². The first-order chi connectivity index (χ1) is 13.7. The van der Waals surface area contributed by atoms with E-state index in [0.717, 1.165) is 38.2 Å². The number of hydrogen-bond acceptors (Lipinski definition) is 4. The van der Waals surface area contributed by atoms with E-state index in [-0.39, 0.29) is 0 Å². The molecule has 146 valence electrons. The number of benzene rings is 1. The van der Waals surface area contributed by atoms with E-state index in [1.54, 1.807) is 7.11 Å². The molecular formula is C23H27N3O2. The number of pyridine rings is 1. The quantitative estimate of drug-likeness (QED) is 0.724. The summed E-state index contributed by atoms with van der Waals surface area (Å²) in [4.78, 5) is 7.88. The maximum atomic E-state index is 5.81. The summed E-state index contributed by atoms with van der Waals surface area (Å²) in [6.45, 7) is 5.46. The van der Waals surface area contributed by atoms with Gasteiger partial charge in [-0.05, 0) is 65.6 Å². The smallest absolute Gasteiger partial charge is 0.137 e. The van der Waals surface area contributed by atoms with Crippen molar-refractivity contribution in [3.63, 3.8) is 0 Å². The van der Waals surface area contributed by atoms with Gasteiger partial charge in [-0.3, -0.25) is 0 Å². The third-order valence-corrected chi connectivity index (χ3v) is 6.21. The SMILES string of the molecule is COCC1CN[C@H](c2cc(-c3cnc4[nH]cc(C)c4c3)cc3c2COCC3)C1. The number of fused-ring (bicyclic) bond motifs is 2. The summed E-state index contributed by atoms with van der Waals surface area (Å²) in [6.07, 6.45) is 6.09. The van der Waals surface area contributed by atoms with Gasteiger partial charge in [0.2, 0.25) is 0 Å². The zero-order valence-corrected chi connectivity index (χ0v) is 16.5. The van der Waals surface area contributed by atoms with Gasteiger partial charge in [-0.2, -0.15) is 0 Å². The second kappa shape index (κ2) is 7.32. The van der Waals surface area contributed by atoms with Gasteiger partial charge in [0.25, 0.3) is 0 Å². The highest BCUT2D eigenvalue weighted by atomic mass is 16.5. The number of rotatable bonds is 4. The van der Waals surface area contributed by atoms with E-state index >= 15 is 0 Å². The van der Waals surface area contributed by atoms with Crippen molar-refractivity contribution in [3.05, 3.63) is 52.8 Å². The van der Waals surface area contributed by atoms with Crippen LogP contribution in [0.2, 0.25) is 0 Å². The molecule has 1 saturated heterocycles. The molecule has 28 heavy (non-hydrogen) atoms. The van der Waals surface area contributed by atoms with Gasteiger partial charge in [-0.15, -0.1) is 0 Å². The number of methoxy groups -OCH3 is 1. The first-order valence-corrected chi connectivity index (χ1v) is 10.1. The van der Waals surface area contributed by atoms with E-state index in [9.17, 15) is 0 Å². The molecule has 2 N–H and O–H groups in total. The Bertz CT molecular complexity index is 1010. The molecular weight excluding hydrogens is 350 g/mol. The van der Waals surface area contributed by atoms with Crippen LogP contribution >= 0.6 is 0 Å². The topological polar surface area (TPSA) is 59.2 Å². The molecule has 2 atom stereocenters. The zero-order chi connectivity index (χ0) is 19.1. The maximum Gasteiger partial charge on any atom is 0.137 e. The van der Waals surface area contributed by atoms with Crippen molar-refractivity contribution in [2.75, 3.05) is 26.9 Å². The largest absolute Gasteiger partial charge is 0.384 e. The molecule has 5 heteroatoms. The lowest BCUT2D eigenvalue weighted by Crippen LogP contribution is -2.19. The second-order valence-electron chi connectivity index (χ2n) is 8.12. The van der Waals surface area contributed by atoms with Crippen LogP contribution in [0.3, 0.4) is 0 Å². The lowest BCUT2D eigenvalue weighted by atomic mass is 9.88. The third kappa shape index (κ3) is 3.13. The standard InChI is InChI=1S/C23H27N3O2/c1-14-9-25-23-19(14)8-18(11-26-23)17-6-16-3-4-28-13-21(16)20(7-17)22-5-15(10-24-22)12-27-2/h6-9,11,15,22,24H,3-5,10,12-13H2,1-2H3,(H,25,26)/t15?,22-/m0/s1. The molecule has 0 radical (unpaired) electrons. The van der Waals surface area contributed by atoms with Crippen LogP contribution in [0.15, 0.2) is 30.6 Å². The number of aromatic amines is 1. The van der Waals surface area contributed by atoms with Crippen LogP contribution in [0.5, 0.6) is 0 Å². The highest BCUT2D eigenvalue weighted by Gasteiger charge is 2.29. The van der Waals surface area contributed by atoms with E-state index in [1.165, 1.54) is 38.8 Å². The minimum absolute atomic E-state index is 0.362. The van der Waals surface area contributed by atoms with Crippen LogP contribution in [0.4, 0.5) is 0 Å². The predicted molar refractivity (Wildman–Crippen MR) is 110 cm³/mol. The highest BCUT2D eigenvalue weighted by molar-refractivity contribution is 5.84. The molecule has 2 aliphatic rings. The average Bonchev–Trinajstić information content (AvgIpc) is 3.34. The molecule has 0 spiro atoms. The fraction of sp³-hybridized carbons (Fsp3) is 0.435. The molecule has 5 rings (SSSR count). The summed E-state index contributed by atoms with van der Waals surface area (Å²) in [7, 11) is 1.79. The first-order valence-electron chi connectivity index (χ1n) is 10.1. The number of hydrogen-bond donors (Lipinski definition) is 2. The van der Waals surface area contributed by atoms with Gasteiger partial charge in [0.1, 0.15) is 5.65 Å². The summed E-state index contributed by atoms with van der Waals surface area (Å²) in [5.41, 5.74) is 8.79. The fourth-order valence-electron chi connectivity index (χ4n) is 4.69. The minimum Gasteiger partial charge on any atom is -0.384 e. The summed E-state index contributed by atoms with van der Waals surface area (Å²) < 4.78 is 11.2. The number of aromatic nitrogens is 2. The van der Waals surface area contributed by atoms with E-state index in [1.807, 2.05) is 12.4 Å². The van der Waals surface area contributed by atoms with Crippen LogP contribution < -0.4 is 5.32 Å². The Balaban J connectivity index is 1.57. The lowest BCUT2D eigenvalue weighted by molar-refractivity contribution is 0.109. The first kappa shape index (κ1) is 17.9. The van der Waals surface area contributed by atoms with Crippen LogP contribution in [0.25, 0.3) is 22.2 Å². The van der Waals surface area contributed by atoms with Crippen molar-refractivity contribution in [3.8, 4) is 11.1 Å². The van der Waals surface area contributed by atoms with E-state index in [4.69, 9.17) is 9.47 Å². The van der Waals surface area contributed by atoms with Gasteiger partial charge in [0.15, 0.2) is 0 Å². The molecule has 0 bridgehead atoms. The molecule has 3 aromatic rings. The van der Waals surface area contributed by atoms with Gasteiger partial charge >= 0.3 is 0 Å². The van der Waals surface area contributed by atoms with Crippen LogP contribution in [0.1, 0.15) is 34.7 Å². The molecule has 1 aromatic carbocycles. The minimum atomic E-state index is 0.362. The number of aryl methyl sites for hydroxylation is 1. The Morgan fingerprint density at radius 3 is 3.07 bits per heavy atom. The van der Waals surface area contributed by atoms with Gasteiger partial charge in [0.05, 0.1) is 19.8 Å². The molecule has 4 heterocycles. The molecule has 1 unspecified atom stereocenters. The van der Waals surface area contributed by atoms with Crippen molar-refractivity contribution in [2.45, 2.75) is 32.4 Å². The average molecular weight is 377 g/mol. The number of H-pyrrole nitrogens is 1. The van der Waals surface area contributed by atoms with Crippen LogP contribution in [-0.4, -0.2) is 36.8 Å². The third-order valence-electron chi connectivity index (χ3n) is 6.21. The van der Waals surface area contributed by atoms with Gasteiger partial charge in [-0.1, -0.05) is 6.07 Å². The molecule has 5 nitrogen and oxygen atoms in total. The van der Waals surface area contributed by atoms with Crippen LogP contribution in [-0.2, 0) is 22.5 Å². The van der Waals surface area contributed by atoms with Crippen molar-refractivity contribution in [1.82, 2.24) is 15.3 Å². The fourth-order valence-corrected chi connectivity index (χ4v) is 4.69. The summed E-state index contributed by atoms with van der Waals surface area (Å²) in [6, 6.07) is 7.31. The molecule has 0 aliphatic carbocycles. The zero-order valence-electron chi connectivity index (χ0n) is 16.5. The Kier molecular flexibility index (Phi) is 4.67. The molecule has 2 aromatic heterocycles. The monoisotopic (exact) mass is 377 g/mol. The molecule has 2 aliphatic heterocycles. The highest BCUT2D eigenvalue weighted by Crippen LogP contribution is 2.37. The van der Waals surface area contributed by atoms with Crippen LogP contribution in [0, 0.1) is 12.8 Å². The second-order valence-corrected chi connectivity index (χ2v) is 8.12. The summed E-state index contributed by atoms with van der Waals surface area (Å²) in [5.74, 6) is 0.569. The van der Waals surface area contributed by atoms with Crippen molar-refractivity contribution in [1.29, 1.82) is 0 Å². The van der Waals surface area contributed by atoms with E-state index in [2.05, 4.69) is 40.4 Å². The lowest BCUT2D eigenvalue weighted by Gasteiger charge is -2.25. The molecule has 0 amide bonds. The summed E-state index contributed by atoms with van der Waals surface area (Å²) in [5, 5.41) is 4.91. The van der Waals surface area contributed by atoms with Crippen molar-refractivity contribution >= 4 is 11.0 Å². The Hall–Kier alpha value is -2.21. The molecule has 1 fully saturated rings. The van der Waals surface area contributed by atoms with E-state index < -0.39 is 0 Å². The Labute approximate surface area is 165 Å². The Morgan fingerprint density at radius 2 is 2.18 bits per heavy atom. The van der Waals surface area contributed by atoms with Gasteiger partial charge < -0.3 is 19.8 Å². The van der Waals surface area contributed by atoms with Crippen molar-refractivity contribution < 1.29 is 9.47 Å². The predicted octanol–water partition coefficient (Wildman–Crippen LogP) is 3.91. The number of nitrogens with one attached hydrogen (secondary N) is 2. The van der Waals surface area contributed by atoms with E-state index in [0.29, 0.717) is 18.6 Å². The van der Waals surface area contributed by atoms with Crippen molar-refractivity contribution in [2.24, 2.45) is 5.92 Å².